The van der Waals surface area contributed by atoms with Gasteiger partial charge in [-0.15, -0.1) is 23.1 Å². The predicted octanol–water partition coefficient (Wildman–Crippen LogP) is 6.18. The Bertz CT molecular complexity index is 814. The number of amides is 1. The number of halogens is 1. The molecule has 1 N–H and O–H groups in total. The average molecular weight is 388 g/mol. The number of benzene rings is 2. The fraction of sp³-hybridized carbons (Fsp3) is 0.150. The van der Waals surface area contributed by atoms with Gasteiger partial charge in [-0.3, -0.25) is 4.79 Å². The fourth-order valence-electron chi connectivity index (χ4n) is 2.34. The number of hydrogen-bond donors (Lipinski definition) is 1. The zero-order valence-electron chi connectivity index (χ0n) is 13.7. The van der Waals surface area contributed by atoms with E-state index in [2.05, 4.69) is 5.32 Å². The van der Waals surface area contributed by atoms with Crippen LogP contribution in [0.15, 0.2) is 70.9 Å². The van der Waals surface area contributed by atoms with Crippen molar-refractivity contribution >= 4 is 40.6 Å². The lowest BCUT2D eigenvalue weighted by atomic mass is 10.1. The minimum atomic E-state index is -0.0437. The number of hydrogen-bond acceptors (Lipinski definition) is 3. The summed E-state index contributed by atoms with van der Waals surface area (Å²) < 4.78 is 0. The van der Waals surface area contributed by atoms with Crippen molar-refractivity contribution in [3.8, 4) is 0 Å². The van der Waals surface area contributed by atoms with E-state index in [-0.39, 0.29) is 11.9 Å². The van der Waals surface area contributed by atoms with Crippen molar-refractivity contribution in [2.45, 2.75) is 23.6 Å². The summed E-state index contributed by atoms with van der Waals surface area (Å²) in [6.07, 6.45) is 0. The van der Waals surface area contributed by atoms with Gasteiger partial charge in [0, 0.05) is 26.1 Å². The number of rotatable bonds is 6. The molecule has 1 atom stereocenters. The molecule has 1 aromatic heterocycles. The average Bonchev–Trinajstić information content (AvgIpc) is 3.16. The van der Waals surface area contributed by atoms with E-state index in [0.29, 0.717) is 5.56 Å². The van der Waals surface area contributed by atoms with Crippen LogP contribution in [-0.4, -0.2) is 5.91 Å². The summed E-state index contributed by atoms with van der Waals surface area (Å²) in [6.45, 7) is 2.00. The molecular formula is C20H18ClNOS2. The van der Waals surface area contributed by atoms with Gasteiger partial charge < -0.3 is 5.32 Å². The molecule has 0 fully saturated rings. The van der Waals surface area contributed by atoms with E-state index in [4.69, 9.17) is 11.6 Å². The first kappa shape index (κ1) is 18.1. The minimum absolute atomic E-state index is 0.0210. The molecule has 0 bridgehead atoms. The van der Waals surface area contributed by atoms with E-state index in [9.17, 15) is 4.79 Å². The third-order valence-corrected chi connectivity index (χ3v) is 6.14. The Morgan fingerprint density at radius 3 is 2.48 bits per heavy atom. The Morgan fingerprint density at radius 1 is 1.12 bits per heavy atom. The fourth-order valence-corrected chi connectivity index (χ4v) is 4.05. The zero-order chi connectivity index (χ0) is 17.6. The van der Waals surface area contributed by atoms with Crippen molar-refractivity contribution in [1.29, 1.82) is 0 Å². The van der Waals surface area contributed by atoms with E-state index in [1.54, 1.807) is 23.1 Å². The molecule has 2 nitrogen and oxygen atoms in total. The van der Waals surface area contributed by atoms with Crippen LogP contribution in [0.2, 0.25) is 5.02 Å². The normalized spacial score (nSPS) is 11.9. The van der Waals surface area contributed by atoms with E-state index in [1.165, 1.54) is 10.5 Å². The van der Waals surface area contributed by atoms with Gasteiger partial charge in [-0.25, -0.2) is 0 Å². The van der Waals surface area contributed by atoms with Gasteiger partial charge in [-0.1, -0.05) is 29.8 Å². The quantitative estimate of drug-likeness (QED) is 0.511. The smallest absolute Gasteiger partial charge is 0.251 e. The van der Waals surface area contributed by atoms with Crippen LogP contribution in [0.25, 0.3) is 0 Å². The Kier molecular flexibility index (Phi) is 6.19. The second-order valence-corrected chi connectivity index (χ2v) is 8.11. The maximum Gasteiger partial charge on any atom is 0.251 e. The molecule has 5 heteroatoms. The van der Waals surface area contributed by atoms with Crippen LogP contribution in [0, 0.1) is 0 Å². The van der Waals surface area contributed by atoms with Crippen LogP contribution >= 0.6 is 34.7 Å². The van der Waals surface area contributed by atoms with E-state index >= 15 is 0 Å². The van der Waals surface area contributed by atoms with E-state index < -0.39 is 0 Å². The summed E-state index contributed by atoms with van der Waals surface area (Å²) >= 11 is 9.30. The van der Waals surface area contributed by atoms with Crippen LogP contribution in [0.3, 0.4) is 0 Å². The first-order chi connectivity index (χ1) is 12.1. The van der Waals surface area contributed by atoms with Crippen LogP contribution < -0.4 is 5.32 Å². The first-order valence-electron chi connectivity index (χ1n) is 7.93. The zero-order valence-corrected chi connectivity index (χ0v) is 16.1. The molecule has 25 heavy (non-hydrogen) atoms. The molecule has 0 saturated heterocycles. The molecule has 1 heterocycles. The maximum absolute atomic E-state index is 12.3. The molecular weight excluding hydrogens is 370 g/mol. The molecule has 0 aliphatic heterocycles. The predicted molar refractivity (Wildman–Crippen MR) is 108 cm³/mol. The number of thioether (sulfide) groups is 1. The second-order valence-electron chi connectivity index (χ2n) is 5.65. The van der Waals surface area contributed by atoms with Gasteiger partial charge in [0.2, 0.25) is 0 Å². The lowest BCUT2D eigenvalue weighted by Crippen LogP contribution is -2.26. The maximum atomic E-state index is 12.3. The van der Waals surface area contributed by atoms with Crippen molar-refractivity contribution in [2.24, 2.45) is 0 Å². The van der Waals surface area contributed by atoms with Crippen LogP contribution in [0.1, 0.15) is 33.8 Å². The van der Waals surface area contributed by atoms with Gasteiger partial charge in [-0.2, -0.15) is 0 Å². The van der Waals surface area contributed by atoms with Crippen molar-refractivity contribution in [3.63, 3.8) is 0 Å². The molecule has 3 rings (SSSR count). The molecule has 0 unspecified atom stereocenters. The molecule has 3 aromatic rings. The van der Waals surface area contributed by atoms with Crippen molar-refractivity contribution in [1.82, 2.24) is 5.32 Å². The highest BCUT2D eigenvalue weighted by Gasteiger charge is 2.12. The topological polar surface area (TPSA) is 29.1 Å². The number of thiophene rings is 1. The highest BCUT2D eigenvalue weighted by molar-refractivity contribution is 7.98. The van der Waals surface area contributed by atoms with Crippen molar-refractivity contribution < 1.29 is 4.79 Å². The first-order valence-corrected chi connectivity index (χ1v) is 10.2. The Morgan fingerprint density at radius 2 is 1.84 bits per heavy atom. The molecule has 0 aliphatic carbocycles. The SMILES string of the molecule is C[C@@H](NC(=O)c1ccc(CSc2ccc(Cl)cc2)cc1)c1cccs1. The van der Waals surface area contributed by atoms with Crippen LogP contribution in [0.5, 0.6) is 0 Å². The monoisotopic (exact) mass is 387 g/mol. The third kappa shape index (κ3) is 5.11. The summed E-state index contributed by atoms with van der Waals surface area (Å²) in [5, 5.41) is 5.80. The van der Waals surface area contributed by atoms with Crippen LogP contribution in [-0.2, 0) is 5.75 Å². The summed E-state index contributed by atoms with van der Waals surface area (Å²) in [6, 6.07) is 19.7. The Balaban J connectivity index is 1.56. The van der Waals surface area contributed by atoms with Crippen molar-refractivity contribution in [3.05, 3.63) is 87.1 Å². The summed E-state index contributed by atoms with van der Waals surface area (Å²) in [7, 11) is 0. The van der Waals surface area contributed by atoms with Gasteiger partial charge in [0.05, 0.1) is 6.04 Å². The number of nitrogens with one attached hydrogen (secondary N) is 1. The molecule has 2 aromatic carbocycles. The van der Waals surface area contributed by atoms with Crippen LogP contribution in [0.4, 0.5) is 0 Å². The van der Waals surface area contributed by atoms with E-state index in [1.807, 2.05) is 73.0 Å². The molecule has 0 spiro atoms. The number of carbonyl (C=O) groups is 1. The number of carbonyl (C=O) groups excluding carboxylic acids is 1. The van der Waals surface area contributed by atoms with E-state index in [0.717, 1.165) is 15.7 Å². The summed E-state index contributed by atoms with van der Waals surface area (Å²) in [4.78, 5) is 14.7. The summed E-state index contributed by atoms with van der Waals surface area (Å²) in [5.74, 6) is 0.813. The lowest BCUT2D eigenvalue weighted by molar-refractivity contribution is 0.0940. The molecule has 0 aliphatic rings. The lowest BCUT2D eigenvalue weighted by Gasteiger charge is -2.12. The van der Waals surface area contributed by atoms with Gasteiger partial charge in [0.1, 0.15) is 0 Å². The Labute approximate surface area is 161 Å². The largest absolute Gasteiger partial charge is 0.345 e. The molecule has 1 amide bonds. The van der Waals surface area contributed by atoms with Crippen molar-refractivity contribution in [2.75, 3.05) is 0 Å². The second kappa shape index (κ2) is 8.56. The van der Waals surface area contributed by atoms with Gasteiger partial charge in [0.25, 0.3) is 5.91 Å². The third-order valence-electron chi connectivity index (χ3n) is 3.75. The van der Waals surface area contributed by atoms with Gasteiger partial charge in [0.15, 0.2) is 0 Å². The van der Waals surface area contributed by atoms with Gasteiger partial charge in [-0.05, 0) is 60.3 Å². The molecule has 128 valence electrons. The Hall–Kier alpha value is -1.75. The molecule has 0 saturated carbocycles. The highest BCUT2D eigenvalue weighted by Crippen LogP contribution is 2.24. The highest BCUT2D eigenvalue weighted by atomic mass is 35.5. The van der Waals surface area contributed by atoms with Gasteiger partial charge >= 0.3 is 0 Å². The standard InChI is InChI=1S/C20H18ClNOS2/c1-14(19-3-2-12-24-19)22-20(23)16-6-4-15(5-7-16)13-25-18-10-8-17(21)9-11-18/h2-12,14H,13H2,1H3,(H,22,23)/t14-/m1/s1. The molecule has 0 radical (unpaired) electrons. The summed E-state index contributed by atoms with van der Waals surface area (Å²) in [5.41, 5.74) is 1.87. The minimum Gasteiger partial charge on any atom is -0.345 e.